The Hall–Kier alpha value is -0.440. The van der Waals surface area contributed by atoms with E-state index in [2.05, 4.69) is 36.8 Å². The summed E-state index contributed by atoms with van der Waals surface area (Å²) >= 11 is 6.58. The molecular weight excluding hydrogens is 300 g/mol. The molecule has 1 rings (SSSR count). The summed E-state index contributed by atoms with van der Waals surface area (Å²) in [7, 11) is 1.48. The number of halogens is 2. The number of nitriles is 1. The maximum Gasteiger partial charge on any atom is 0.186 e. The van der Waals surface area contributed by atoms with Crippen molar-refractivity contribution >= 4 is 31.9 Å². The fourth-order valence-corrected chi connectivity index (χ4v) is 2.04. The Morgan fingerprint density at radius 3 is 2.77 bits per heavy atom. The molecule has 0 N–H and O–H groups in total. The van der Waals surface area contributed by atoms with Crippen molar-refractivity contribution in [3.05, 3.63) is 26.9 Å². The van der Waals surface area contributed by atoms with Crippen LogP contribution in [-0.2, 0) is 4.74 Å². The second-order valence-corrected chi connectivity index (χ2v) is 4.04. The van der Waals surface area contributed by atoms with Crippen LogP contribution in [0.15, 0.2) is 21.2 Å². The third-order valence-corrected chi connectivity index (χ3v) is 2.51. The molecule has 5 heteroatoms. The number of hydrogen-bond acceptors (Lipinski definition) is 3. The predicted octanol–water partition coefficient (Wildman–Crippen LogP) is 2.82. The minimum atomic E-state index is -0.623. The van der Waals surface area contributed by atoms with Crippen LogP contribution in [0.5, 0.6) is 0 Å². The molecule has 0 aromatic carbocycles. The van der Waals surface area contributed by atoms with Crippen LogP contribution in [0.1, 0.15) is 11.8 Å². The van der Waals surface area contributed by atoms with E-state index in [-0.39, 0.29) is 0 Å². The Balaban J connectivity index is 3.09. The van der Waals surface area contributed by atoms with Gasteiger partial charge in [0.2, 0.25) is 0 Å². The minimum Gasteiger partial charge on any atom is -0.360 e. The summed E-state index contributed by atoms with van der Waals surface area (Å²) in [6, 6.07) is 3.82. The SMILES string of the molecule is COC(C#N)c1ncc(Br)cc1Br. The lowest BCUT2D eigenvalue weighted by molar-refractivity contribution is 0.144. The van der Waals surface area contributed by atoms with Gasteiger partial charge in [-0.05, 0) is 37.9 Å². The normalized spacial score (nSPS) is 12.2. The van der Waals surface area contributed by atoms with Gasteiger partial charge in [0.05, 0.1) is 5.69 Å². The van der Waals surface area contributed by atoms with E-state index in [1.165, 1.54) is 7.11 Å². The van der Waals surface area contributed by atoms with Gasteiger partial charge in [-0.15, -0.1) is 0 Å². The molecule has 0 radical (unpaired) electrons. The molecule has 0 aliphatic carbocycles. The van der Waals surface area contributed by atoms with Crippen molar-refractivity contribution in [2.75, 3.05) is 7.11 Å². The van der Waals surface area contributed by atoms with Crippen LogP contribution < -0.4 is 0 Å². The monoisotopic (exact) mass is 304 g/mol. The first-order chi connectivity index (χ1) is 6.19. The third-order valence-electron chi connectivity index (χ3n) is 1.44. The quantitative estimate of drug-likeness (QED) is 0.844. The molecule has 0 aliphatic heterocycles. The van der Waals surface area contributed by atoms with Crippen molar-refractivity contribution in [1.82, 2.24) is 4.98 Å². The van der Waals surface area contributed by atoms with Gasteiger partial charge in [0, 0.05) is 22.3 Å². The summed E-state index contributed by atoms with van der Waals surface area (Å²) in [5.74, 6) is 0. The van der Waals surface area contributed by atoms with Gasteiger partial charge in [-0.2, -0.15) is 5.26 Å². The molecule has 1 unspecified atom stereocenters. The van der Waals surface area contributed by atoms with E-state index in [0.717, 1.165) is 8.95 Å². The fourth-order valence-electron chi connectivity index (χ4n) is 0.844. The highest BCUT2D eigenvalue weighted by atomic mass is 79.9. The van der Waals surface area contributed by atoms with Crippen LogP contribution in [0.3, 0.4) is 0 Å². The van der Waals surface area contributed by atoms with Crippen LogP contribution in [0.2, 0.25) is 0 Å². The van der Waals surface area contributed by atoms with Crippen molar-refractivity contribution in [2.24, 2.45) is 0 Å². The van der Waals surface area contributed by atoms with Crippen molar-refractivity contribution in [3.8, 4) is 6.07 Å². The van der Waals surface area contributed by atoms with Crippen molar-refractivity contribution in [1.29, 1.82) is 5.26 Å². The number of ether oxygens (including phenoxy) is 1. The number of methoxy groups -OCH3 is 1. The number of aromatic nitrogens is 1. The summed E-state index contributed by atoms with van der Waals surface area (Å²) in [4.78, 5) is 4.08. The Bertz CT molecular complexity index is 348. The van der Waals surface area contributed by atoms with Crippen molar-refractivity contribution < 1.29 is 4.74 Å². The van der Waals surface area contributed by atoms with E-state index in [4.69, 9.17) is 10.00 Å². The topological polar surface area (TPSA) is 45.9 Å². The molecule has 3 nitrogen and oxygen atoms in total. The molecule has 13 heavy (non-hydrogen) atoms. The molecule has 0 aliphatic rings. The second kappa shape index (κ2) is 4.70. The first-order valence-corrected chi connectivity index (χ1v) is 5.01. The van der Waals surface area contributed by atoms with Crippen molar-refractivity contribution in [2.45, 2.75) is 6.10 Å². The molecule has 68 valence electrons. The second-order valence-electron chi connectivity index (χ2n) is 2.27. The first-order valence-electron chi connectivity index (χ1n) is 3.42. The highest BCUT2D eigenvalue weighted by Crippen LogP contribution is 2.25. The van der Waals surface area contributed by atoms with Gasteiger partial charge >= 0.3 is 0 Å². The lowest BCUT2D eigenvalue weighted by Gasteiger charge is -2.07. The van der Waals surface area contributed by atoms with Gasteiger partial charge in [0.15, 0.2) is 6.10 Å². The van der Waals surface area contributed by atoms with Crippen LogP contribution in [0.4, 0.5) is 0 Å². The van der Waals surface area contributed by atoms with E-state index in [1.54, 1.807) is 6.20 Å². The Morgan fingerprint density at radius 1 is 1.62 bits per heavy atom. The Labute approximate surface area is 93.0 Å². The highest BCUT2D eigenvalue weighted by molar-refractivity contribution is 9.11. The average Bonchev–Trinajstić information content (AvgIpc) is 2.10. The van der Waals surface area contributed by atoms with Crippen LogP contribution in [-0.4, -0.2) is 12.1 Å². The minimum absolute atomic E-state index is 0.591. The molecular formula is C8H6Br2N2O. The van der Waals surface area contributed by atoms with E-state index in [1.807, 2.05) is 12.1 Å². The molecule has 1 atom stereocenters. The van der Waals surface area contributed by atoms with Gasteiger partial charge in [0.1, 0.15) is 6.07 Å². The zero-order valence-electron chi connectivity index (χ0n) is 6.79. The van der Waals surface area contributed by atoms with Crippen LogP contribution in [0, 0.1) is 11.3 Å². The molecule has 0 spiro atoms. The number of nitrogens with zero attached hydrogens (tertiary/aromatic N) is 2. The number of pyridine rings is 1. The summed E-state index contributed by atoms with van der Waals surface area (Å²) in [6.07, 6.45) is 1.01. The van der Waals surface area contributed by atoms with Crippen molar-refractivity contribution in [3.63, 3.8) is 0 Å². The van der Waals surface area contributed by atoms with E-state index in [9.17, 15) is 0 Å². The summed E-state index contributed by atoms with van der Waals surface area (Å²) in [6.45, 7) is 0. The summed E-state index contributed by atoms with van der Waals surface area (Å²) in [5, 5.41) is 8.73. The van der Waals surface area contributed by atoms with Gasteiger partial charge in [-0.25, -0.2) is 0 Å². The molecule has 0 fully saturated rings. The summed E-state index contributed by atoms with van der Waals surface area (Å²) in [5.41, 5.74) is 0.591. The van der Waals surface area contributed by atoms with Crippen LogP contribution in [0.25, 0.3) is 0 Å². The molecule has 0 amide bonds. The maximum absolute atomic E-state index is 8.73. The molecule has 1 heterocycles. The highest BCUT2D eigenvalue weighted by Gasteiger charge is 2.14. The van der Waals surface area contributed by atoms with Gasteiger partial charge in [-0.3, -0.25) is 4.98 Å². The number of rotatable bonds is 2. The zero-order chi connectivity index (χ0) is 9.84. The maximum atomic E-state index is 8.73. The fraction of sp³-hybridized carbons (Fsp3) is 0.250. The average molecular weight is 306 g/mol. The molecule has 0 saturated carbocycles. The van der Waals surface area contributed by atoms with Gasteiger partial charge < -0.3 is 4.74 Å². The lowest BCUT2D eigenvalue weighted by Crippen LogP contribution is -2.01. The van der Waals surface area contributed by atoms with E-state index < -0.39 is 6.10 Å². The smallest absolute Gasteiger partial charge is 0.186 e. The molecule has 1 aromatic heterocycles. The standard InChI is InChI=1S/C8H6Br2N2O/c1-13-7(3-11)8-6(10)2-5(9)4-12-8/h2,4,7H,1H3. The Kier molecular flexibility index (Phi) is 3.85. The summed E-state index contributed by atoms with van der Waals surface area (Å²) < 4.78 is 6.55. The third kappa shape index (κ3) is 2.50. The molecule has 1 aromatic rings. The molecule has 0 saturated heterocycles. The lowest BCUT2D eigenvalue weighted by atomic mass is 10.2. The predicted molar refractivity (Wildman–Crippen MR) is 55.0 cm³/mol. The largest absolute Gasteiger partial charge is 0.360 e. The Morgan fingerprint density at radius 2 is 2.31 bits per heavy atom. The van der Waals surface area contributed by atoms with Crippen LogP contribution >= 0.6 is 31.9 Å². The first kappa shape index (κ1) is 10.6. The zero-order valence-corrected chi connectivity index (χ0v) is 9.96. The van der Waals surface area contributed by atoms with E-state index >= 15 is 0 Å². The number of hydrogen-bond donors (Lipinski definition) is 0. The molecule has 0 bridgehead atoms. The van der Waals surface area contributed by atoms with E-state index in [0.29, 0.717) is 5.69 Å². The van der Waals surface area contributed by atoms with Gasteiger partial charge in [0.25, 0.3) is 0 Å². The van der Waals surface area contributed by atoms with Gasteiger partial charge in [-0.1, -0.05) is 0 Å².